The molecule has 0 aliphatic carbocycles. The van der Waals surface area contributed by atoms with Crippen LogP contribution in [0.2, 0.25) is 0 Å². The molecule has 4 heteroatoms. The lowest BCUT2D eigenvalue weighted by Gasteiger charge is -2.11. The molecule has 1 atom stereocenters. The number of hydrogen-bond acceptors (Lipinski definition) is 3. The number of nitrogens with one attached hydrogen (secondary N) is 1. The number of nitrogens with zero attached hydrogens (tertiary/aromatic N) is 2. The molecule has 1 heterocycles. The number of rotatable bonds is 6. The Labute approximate surface area is 120 Å². The summed E-state index contributed by atoms with van der Waals surface area (Å²) < 4.78 is 7.66. The van der Waals surface area contributed by atoms with Gasteiger partial charge in [0.05, 0.1) is 11.4 Å². The molecule has 0 bridgehead atoms. The largest absolute Gasteiger partial charge is 0.487 e. The number of aryl methyl sites for hydroxylation is 2. The first-order valence-electron chi connectivity index (χ1n) is 6.97. The lowest BCUT2D eigenvalue weighted by Crippen LogP contribution is -2.23. The van der Waals surface area contributed by atoms with Gasteiger partial charge in [-0.15, -0.1) is 0 Å². The maximum atomic E-state index is 5.80. The molecule has 0 aliphatic rings. The number of aromatic nitrogens is 2. The van der Waals surface area contributed by atoms with E-state index in [2.05, 4.69) is 29.5 Å². The number of likely N-dealkylation sites (N-methyl/N-ethyl adjacent to an activating group) is 1. The second kappa shape index (κ2) is 6.57. The van der Waals surface area contributed by atoms with E-state index in [1.807, 2.05) is 43.9 Å². The van der Waals surface area contributed by atoms with Gasteiger partial charge >= 0.3 is 0 Å². The molecule has 20 heavy (non-hydrogen) atoms. The van der Waals surface area contributed by atoms with Gasteiger partial charge in [-0.05, 0) is 51.1 Å². The van der Waals surface area contributed by atoms with Crippen LogP contribution in [0.25, 0.3) is 0 Å². The fraction of sp³-hybridized carbons (Fsp3) is 0.438. The Morgan fingerprint density at radius 3 is 2.55 bits per heavy atom. The Hall–Kier alpha value is -1.81. The predicted octanol–water partition coefficient (Wildman–Crippen LogP) is 2.46. The molecular formula is C16H23N3O. The van der Waals surface area contributed by atoms with Crippen LogP contribution in [0.5, 0.6) is 5.75 Å². The van der Waals surface area contributed by atoms with Gasteiger partial charge in [-0.2, -0.15) is 5.10 Å². The van der Waals surface area contributed by atoms with Crippen molar-refractivity contribution in [1.82, 2.24) is 15.1 Å². The van der Waals surface area contributed by atoms with Gasteiger partial charge in [0.25, 0.3) is 0 Å². The summed E-state index contributed by atoms with van der Waals surface area (Å²) in [4.78, 5) is 0. The monoisotopic (exact) mass is 273 g/mol. The normalized spacial score (nSPS) is 12.4. The lowest BCUT2D eigenvalue weighted by atomic mass is 10.1. The average molecular weight is 273 g/mol. The van der Waals surface area contributed by atoms with Crippen molar-refractivity contribution in [3.8, 4) is 5.75 Å². The Morgan fingerprint density at radius 1 is 1.30 bits per heavy atom. The van der Waals surface area contributed by atoms with Crippen LogP contribution in [0.3, 0.4) is 0 Å². The highest BCUT2D eigenvalue weighted by atomic mass is 16.5. The third kappa shape index (κ3) is 3.84. The van der Waals surface area contributed by atoms with Crippen LogP contribution in [0.4, 0.5) is 0 Å². The summed E-state index contributed by atoms with van der Waals surface area (Å²) in [6.45, 7) is 4.71. The van der Waals surface area contributed by atoms with Gasteiger partial charge in [0.1, 0.15) is 12.4 Å². The van der Waals surface area contributed by atoms with E-state index in [0.717, 1.165) is 23.6 Å². The summed E-state index contributed by atoms with van der Waals surface area (Å²) in [6, 6.07) is 10.8. The van der Waals surface area contributed by atoms with Crippen LogP contribution in [0.15, 0.2) is 30.3 Å². The van der Waals surface area contributed by atoms with E-state index in [-0.39, 0.29) is 0 Å². The molecule has 2 aromatic rings. The van der Waals surface area contributed by atoms with Gasteiger partial charge in [-0.25, -0.2) is 0 Å². The van der Waals surface area contributed by atoms with Crippen LogP contribution in [0.1, 0.15) is 23.9 Å². The van der Waals surface area contributed by atoms with Gasteiger partial charge < -0.3 is 10.1 Å². The topological polar surface area (TPSA) is 39.1 Å². The van der Waals surface area contributed by atoms with E-state index in [0.29, 0.717) is 12.6 Å². The second-order valence-electron chi connectivity index (χ2n) is 5.23. The first kappa shape index (κ1) is 14.6. The molecule has 2 rings (SSSR count). The number of ether oxygens (including phenoxy) is 1. The number of benzene rings is 1. The summed E-state index contributed by atoms with van der Waals surface area (Å²) in [5, 5.41) is 7.55. The lowest BCUT2D eigenvalue weighted by molar-refractivity contribution is 0.295. The molecule has 0 saturated heterocycles. The fourth-order valence-corrected chi connectivity index (χ4v) is 2.13. The molecule has 0 aliphatic heterocycles. The maximum absolute atomic E-state index is 5.80. The molecule has 4 nitrogen and oxygen atoms in total. The molecule has 1 N–H and O–H groups in total. The van der Waals surface area contributed by atoms with Gasteiger partial charge in [0.2, 0.25) is 0 Å². The highest BCUT2D eigenvalue weighted by Gasteiger charge is 2.04. The first-order valence-corrected chi connectivity index (χ1v) is 6.97. The van der Waals surface area contributed by atoms with E-state index in [1.165, 1.54) is 5.56 Å². The van der Waals surface area contributed by atoms with Gasteiger partial charge in [-0.1, -0.05) is 12.1 Å². The van der Waals surface area contributed by atoms with Gasteiger partial charge in [0.15, 0.2) is 0 Å². The minimum atomic E-state index is 0.485. The van der Waals surface area contributed by atoms with E-state index < -0.39 is 0 Å². The molecular weight excluding hydrogens is 250 g/mol. The van der Waals surface area contributed by atoms with Crippen LogP contribution in [-0.2, 0) is 20.1 Å². The summed E-state index contributed by atoms with van der Waals surface area (Å²) >= 11 is 0. The Kier molecular flexibility index (Phi) is 4.79. The van der Waals surface area contributed by atoms with Crippen molar-refractivity contribution in [2.24, 2.45) is 7.05 Å². The molecule has 1 aromatic carbocycles. The fourth-order valence-electron chi connectivity index (χ4n) is 2.13. The SMILES string of the molecule is CNC(C)Cc1ccc(OCc2cc(C)nn2C)cc1. The summed E-state index contributed by atoms with van der Waals surface area (Å²) in [5.74, 6) is 0.893. The van der Waals surface area contributed by atoms with Crippen molar-refractivity contribution < 1.29 is 4.74 Å². The summed E-state index contributed by atoms with van der Waals surface area (Å²) in [6.07, 6.45) is 1.03. The van der Waals surface area contributed by atoms with Crippen molar-refractivity contribution in [2.45, 2.75) is 32.9 Å². The molecule has 0 radical (unpaired) electrons. The van der Waals surface area contributed by atoms with Crippen molar-refractivity contribution in [3.05, 3.63) is 47.3 Å². The Bertz CT molecular complexity index is 545. The third-order valence-electron chi connectivity index (χ3n) is 3.44. The minimum Gasteiger partial charge on any atom is -0.487 e. The van der Waals surface area contributed by atoms with E-state index in [9.17, 15) is 0 Å². The van der Waals surface area contributed by atoms with Crippen molar-refractivity contribution in [2.75, 3.05) is 7.05 Å². The zero-order valence-corrected chi connectivity index (χ0v) is 12.7. The van der Waals surface area contributed by atoms with Crippen LogP contribution in [-0.4, -0.2) is 22.9 Å². The predicted molar refractivity (Wildman–Crippen MR) is 80.9 cm³/mol. The third-order valence-corrected chi connectivity index (χ3v) is 3.44. The average Bonchev–Trinajstić information content (AvgIpc) is 2.76. The van der Waals surface area contributed by atoms with E-state index in [1.54, 1.807) is 0 Å². The minimum absolute atomic E-state index is 0.485. The molecule has 0 amide bonds. The highest BCUT2D eigenvalue weighted by Crippen LogP contribution is 2.15. The van der Waals surface area contributed by atoms with Crippen molar-refractivity contribution in [1.29, 1.82) is 0 Å². The zero-order chi connectivity index (χ0) is 14.5. The smallest absolute Gasteiger partial charge is 0.130 e. The Morgan fingerprint density at radius 2 is 2.00 bits per heavy atom. The van der Waals surface area contributed by atoms with Gasteiger partial charge in [-0.3, -0.25) is 4.68 Å². The van der Waals surface area contributed by atoms with Crippen LogP contribution in [0, 0.1) is 6.92 Å². The molecule has 1 aromatic heterocycles. The molecule has 0 spiro atoms. The molecule has 0 saturated carbocycles. The molecule has 108 valence electrons. The van der Waals surface area contributed by atoms with Crippen LogP contribution < -0.4 is 10.1 Å². The van der Waals surface area contributed by atoms with E-state index >= 15 is 0 Å². The van der Waals surface area contributed by atoms with E-state index in [4.69, 9.17) is 4.74 Å². The highest BCUT2D eigenvalue weighted by molar-refractivity contribution is 5.28. The number of hydrogen-bond donors (Lipinski definition) is 1. The van der Waals surface area contributed by atoms with Crippen LogP contribution >= 0.6 is 0 Å². The summed E-state index contributed by atoms with van der Waals surface area (Å²) in [7, 11) is 3.92. The standard InChI is InChI=1S/C16H23N3O/c1-12(17-3)9-14-5-7-16(8-6-14)20-11-15-10-13(2)18-19(15)4/h5-8,10,12,17H,9,11H2,1-4H3. The second-order valence-corrected chi connectivity index (χ2v) is 5.23. The van der Waals surface area contributed by atoms with Gasteiger partial charge in [0, 0.05) is 13.1 Å². The van der Waals surface area contributed by atoms with Crippen molar-refractivity contribution in [3.63, 3.8) is 0 Å². The summed E-state index contributed by atoms with van der Waals surface area (Å²) in [5.41, 5.74) is 3.41. The molecule has 0 fully saturated rings. The Balaban J connectivity index is 1.92. The molecule has 1 unspecified atom stereocenters. The van der Waals surface area contributed by atoms with Crippen molar-refractivity contribution >= 4 is 0 Å². The first-order chi connectivity index (χ1) is 9.58. The quantitative estimate of drug-likeness (QED) is 0.878. The maximum Gasteiger partial charge on any atom is 0.130 e. The zero-order valence-electron chi connectivity index (χ0n) is 12.7.